The molecule has 72 valence electrons. The van der Waals surface area contributed by atoms with Crippen molar-refractivity contribution in [3.63, 3.8) is 0 Å². The molecular weight excluding hydrogens is 202 g/mol. The fourth-order valence-corrected chi connectivity index (χ4v) is 1.26. The Morgan fingerprint density at radius 1 is 1.36 bits per heavy atom. The van der Waals surface area contributed by atoms with Crippen molar-refractivity contribution in [1.82, 2.24) is 9.97 Å². The average molecular weight is 210 g/mol. The van der Waals surface area contributed by atoms with E-state index >= 15 is 0 Å². The molecule has 2 aromatic rings. The van der Waals surface area contributed by atoms with Crippen LogP contribution in [0.2, 0.25) is 5.22 Å². The van der Waals surface area contributed by atoms with Crippen molar-refractivity contribution >= 4 is 11.6 Å². The SMILES string of the molecule is NC(c1cnccn1)c1ccc(Cl)o1. The van der Waals surface area contributed by atoms with Gasteiger partial charge in [-0.15, -0.1) is 0 Å². The van der Waals surface area contributed by atoms with Gasteiger partial charge in [-0.2, -0.15) is 0 Å². The van der Waals surface area contributed by atoms with Crippen LogP contribution in [0.25, 0.3) is 0 Å². The lowest BCUT2D eigenvalue weighted by molar-refractivity contribution is 0.487. The molecule has 14 heavy (non-hydrogen) atoms. The van der Waals surface area contributed by atoms with E-state index in [1.807, 2.05) is 0 Å². The summed E-state index contributed by atoms with van der Waals surface area (Å²) in [6, 6.07) is 2.95. The lowest BCUT2D eigenvalue weighted by atomic mass is 10.2. The zero-order chi connectivity index (χ0) is 9.97. The van der Waals surface area contributed by atoms with Crippen LogP contribution in [-0.4, -0.2) is 9.97 Å². The van der Waals surface area contributed by atoms with E-state index in [-0.39, 0.29) is 0 Å². The molecule has 1 atom stereocenters. The number of hydrogen-bond donors (Lipinski definition) is 1. The molecule has 0 fully saturated rings. The van der Waals surface area contributed by atoms with Gasteiger partial charge in [-0.3, -0.25) is 9.97 Å². The highest BCUT2D eigenvalue weighted by Gasteiger charge is 2.13. The summed E-state index contributed by atoms with van der Waals surface area (Å²) < 4.78 is 5.17. The van der Waals surface area contributed by atoms with Gasteiger partial charge in [0.1, 0.15) is 11.8 Å². The van der Waals surface area contributed by atoms with Crippen LogP contribution < -0.4 is 5.73 Å². The van der Waals surface area contributed by atoms with E-state index in [2.05, 4.69) is 9.97 Å². The first-order valence-corrected chi connectivity index (χ1v) is 4.42. The van der Waals surface area contributed by atoms with Crippen LogP contribution >= 0.6 is 11.6 Å². The van der Waals surface area contributed by atoms with Crippen molar-refractivity contribution in [1.29, 1.82) is 0 Å². The monoisotopic (exact) mass is 209 g/mol. The number of nitrogens with two attached hydrogens (primary N) is 1. The minimum Gasteiger partial charge on any atom is -0.448 e. The van der Waals surface area contributed by atoms with Crippen molar-refractivity contribution in [2.45, 2.75) is 6.04 Å². The van der Waals surface area contributed by atoms with Crippen LogP contribution in [0.4, 0.5) is 0 Å². The van der Waals surface area contributed by atoms with E-state index in [0.717, 1.165) is 0 Å². The summed E-state index contributed by atoms with van der Waals surface area (Å²) in [4.78, 5) is 7.99. The summed E-state index contributed by atoms with van der Waals surface area (Å²) in [5.41, 5.74) is 6.53. The highest BCUT2D eigenvalue weighted by Crippen LogP contribution is 2.21. The Kier molecular flexibility index (Phi) is 2.47. The van der Waals surface area contributed by atoms with E-state index in [4.69, 9.17) is 21.8 Å². The van der Waals surface area contributed by atoms with Crippen LogP contribution in [0, 0.1) is 0 Å². The van der Waals surface area contributed by atoms with Crippen molar-refractivity contribution in [3.05, 3.63) is 47.4 Å². The zero-order valence-corrected chi connectivity index (χ0v) is 7.98. The molecule has 2 aromatic heterocycles. The number of rotatable bonds is 2. The first-order valence-electron chi connectivity index (χ1n) is 4.04. The van der Waals surface area contributed by atoms with Crippen LogP contribution in [0.5, 0.6) is 0 Å². The summed E-state index contributed by atoms with van der Waals surface area (Å²) in [6.07, 6.45) is 4.77. The predicted octanol–water partition coefficient (Wildman–Crippen LogP) is 1.77. The zero-order valence-electron chi connectivity index (χ0n) is 7.22. The molecule has 0 saturated carbocycles. The van der Waals surface area contributed by atoms with E-state index in [0.29, 0.717) is 16.7 Å². The fraction of sp³-hybridized carbons (Fsp3) is 0.111. The van der Waals surface area contributed by atoms with Gasteiger partial charge < -0.3 is 10.2 Å². The highest BCUT2D eigenvalue weighted by atomic mass is 35.5. The smallest absolute Gasteiger partial charge is 0.193 e. The quantitative estimate of drug-likeness (QED) is 0.819. The normalized spacial score (nSPS) is 12.7. The summed E-state index contributed by atoms with van der Waals surface area (Å²) in [5.74, 6) is 0.579. The van der Waals surface area contributed by atoms with Gasteiger partial charge in [-0.05, 0) is 23.7 Å². The molecule has 2 heterocycles. The predicted molar refractivity (Wildman–Crippen MR) is 51.8 cm³/mol. The third kappa shape index (κ3) is 1.76. The maximum atomic E-state index is 5.87. The Hall–Kier alpha value is -1.39. The van der Waals surface area contributed by atoms with Crippen molar-refractivity contribution < 1.29 is 4.42 Å². The Morgan fingerprint density at radius 2 is 2.21 bits per heavy atom. The van der Waals surface area contributed by atoms with Crippen molar-refractivity contribution in [2.24, 2.45) is 5.73 Å². The second-order valence-electron chi connectivity index (χ2n) is 2.75. The van der Waals surface area contributed by atoms with Gasteiger partial charge in [0, 0.05) is 12.4 Å². The summed E-state index contributed by atoms with van der Waals surface area (Å²) >= 11 is 5.63. The van der Waals surface area contributed by atoms with Gasteiger partial charge in [-0.25, -0.2) is 0 Å². The second kappa shape index (κ2) is 3.77. The number of furan rings is 1. The average Bonchev–Trinajstić information content (AvgIpc) is 2.65. The molecule has 0 saturated heterocycles. The Bertz CT molecular complexity index is 415. The fourth-order valence-electron chi connectivity index (χ4n) is 1.11. The Labute approximate surface area is 85.7 Å². The lowest BCUT2D eigenvalue weighted by Crippen LogP contribution is -2.12. The molecule has 0 bridgehead atoms. The van der Waals surface area contributed by atoms with Crippen LogP contribution in [0.15, 0.2) is 35.1 Å². The van der Waals surface area contributed by atoms with Crippen LogP contribution in [0.3, 0.4) is 0 Å². The largest absolute Gasteiger partial charge is 0.448 e. The number of halogens is 1. The number of aromatic nitrogens is 2. The number of hydrogen-bond acceptors (Lipinski definition) is 4. The first kappa shape index (κ1) is 9.18. The minimum absolute atomic E-state index is 0.319. The van der Waals surface area contributed by atoms with Gasteiger partial charge in [0.05, 0.1) is 11.9 Å². The van der Waals surface area contributed by atoms with E-state index in [1.54, 1.807) is 30.7 Å². The molecular formula is C9H8ClN3O. The van der Waals surface area contributed by atoms with Gasteiger partial charge in [0.15, 0.2) is 5.22 Å². The van der Waals surface area contributed by atoms with Gasteiger partial charge >= 0.3 is 0 Å². The van der Waals surface area contributed by atoms with Gasteiger partial charge in [0.2, 0.25) is 0 Å². The molecule has 2 N–H and O–H groups in total. The molecule has 0 amide bonds. The Morgan fingerprint density at radius 3 is 2.79 bits per heavy atom. The summed E-state index contributed by atoms with van der Waals surface area (Å²) in [6.45, 7) is 0. The Balaban J connectivity index is 2.29. The van der Waals surface area contributed by atoms with Crippen LogP contribution in [0.1, 0.15) is 17.5 Å². The summed E-state index contributed by atoms with van der Waals surface area (Å²) in [5, 5.41) is 0.319. The lowest BCUT2D eigenvalue weighted by Gasteiger charge is -2.06. The van der Waals surface area contributed by atoms with Crippen molar-refractivity contribution in [2.75, 3.05) is 0 Å². The van der Waals surface area contributed by atoms with E-state index < -0.39 is 6.04 Å². The van der Waals surface area contributed by atoms with Gasteiger partial charge in [0.25, 0.3) is 0 Å². The molecule has 5 heteroatoms. The van der Waals surface area contributed by atoms with Crippen molar-refractivity contribution in [3.8, 4) is 0 Å². The molecule has 0 radical (unpaired) electrons. The summed E-state index contributed by atoms with van der Waals surface area (Å²) in [7, 11) is 0. The molecule has 0 aromatic carbocycles. The first-order chi connectivity index (χ1) is 6.77. The van der Waals surface area contributed by atoms with Gasteiger partial charge in [-0.1, -0.05) is 0 Å². The maximum absolute atomic E-state index is 5.87. The molecule has 1 unspecified atom stereocenters. The van der Waals surface area contributed by atoms with E-state index in [9.17, 15) is 0 Å². The molecule has 0 aliphatic carbocycles. The third-order valence-corrected chi connectivity index (χ3v) is 2.01. The molecule has 2 rings (SSSR count). The molecule has 0 spiro atoms. The second-order valence-corrected chi connectivity index (χ2v) is 3.12. The molecule has 4 nitrogen and oxygen atoms in total. The third-order valence-electron chi connectivity index (χ3n) is 1.80. The molecule has 0 aliphatic heterocycles. The number of nitrogens with zero attached hydrogens (tertiary/aromatic N) is 2. The topological polar surface area (TPSA) is 64.9 Å². The van der Waals surface area contributed by atoms with Crippen LogP contribution in [-0.2, 0) is 0 Å². The maximum Gasteiger partial charge on any atom is 0.193 e. The molecule has 0 aliphatic rings. The standard InChI is InChI=1S/C9H8ClN3O/c10-8-2-1-7(14-8)9(11)6-5-12-3-4-13-6/h1-5,9H,11H2. The minimum atomic E-state index is -0.420. The highest BCUT2D eigenvalue weighted by molar-refractivity contribution is 6.28. The van der Waals surface area contributed by atoms with E-state index in [1.165, 1.54) is 0 Å².